The number of hydrogen-bond donors (Lipinski definition) is 0. The van der Waals surface area contributed by atoms with E-state index in [4.69, 9.17) is 0 Å². The van der Waals surface area contributed by atoms with Crippen LogP contribution in [0, 0.1) is 12.8 Å². The molecular weight excluding hydrogens is 122 g/mol. The molecule has 0 amide bonds. The van der Waals surface area contributed by atoms with Gasteiger partial charge in [0.25, 0.3) is 0 Å². The van der Waals surface area contributed by atoms with Crippen LogP contribution in [0.2, 0.25) is 0 Å². The topological polar surface area (TPSA) is 3.24 Å². The lowest BCUT2D eigenvalue weighted by Crippen LogP contribution is -2.31. The van der Waals surface area contributed by atoms with Gasteiger partial charge in [0.15, 0.2) is 0 Å². The summed E-state index contributed by atoms with van der Waals surface area (Å²) in [4.78, 5) is 2.34. The van der Waals surface area contributed by atoms with Crippen LogP contribution < -0.4 is 0 Å². The van der Waals surface area contributed by atoms with Crippen molar-refractivity contribution in [3.8, 4) is 0 Å². The van der Waals surface area contributed by atoms with E-state index in [0.717, 1.165) is 12.0 Å². The molecule has 0 aromatic carbocycles. The van der Waals surface area contributed by atoms with Gasteiger partial charge >= 0.3 is 0 Å². The van der Waals surface area contributed by atoms with Crippen molar-refractivity contribution in [1.82, 2.24) is 4.90 Å². The summed E-state index contributed by atoms with van der Waals surface area (Å²) in [6.07, 6.45) is 5.34. The molecule has 0 aliphatic heterocycles. The first-order valence-electron chi connectivity index (χ1n) is 4.19. The minimum atomic E-state index is 0.733. The summed E-state index contributed by atoms with van der Waals surface area (Å²) in [5.41, 5.74) is 0. The van der Waals surface area contributed by atoms with Crippen molar-refractivity contribution in [2.75, 3.05) is 14.1 Å². The fourth-order valence-electron chi connectivity index (χ4n) is 1.66. The largest absolute Gasteiger partial charge is 0.306 e. The Morgan fingerprint density at radius 2 is 1.60 bits per heavy atom. The van der Waals surface area contributed by atoms with Gasteiger partial charge in [-0.05, 0) is 45.7 Å². The average Bonchev–Trinajstić information content (AvgIpc) is 1.88. The van der Waals surface area contributed by atoms with Crippen LogP contribution in [0.1, 0.15) is 25.7 Å². The molecule has 1 radical (unpaired) electrons. The third-order valence-electron chi connectivity index (χ3n) is 2.55. The van der Waals surface area contributed by atoms with E-state index in [0.29, 0.717) is 0 Å². The third kappa shape index (κ3) is 1.98. The van der Waals surface area contributed by atoms with E-state index < -0.39 is 0 Å². The quantitative estimate of drug-likeness (QED) is 0.538. The predicted molar refractivity (Wildman–Crippen MR) is 44.8 cm³/mol. The standard InChI is InChI=1S/C9H18N/c1-8-4-6-9(7-5-8)10(2)3/h8-9H,1,4-7H2,2-3H3/t8-,9-. The number of nitrogens with zero attached hydrogens (tertiary/aromatic N) is 1. The highest BCUT2D eigenvalue weighted by atomic mass is 15.1. The van der Waals surface area contributed by atoms with Crippen molar-refractivity contribution in [3.05, 3.63) is 6.92 Å². The molecule has 1 nitrogen and oxygen atoms in total. The Kier molecular flexibility index (Phi) is 2.72. The van der Waals surface area contributed by atoms with Crippen LogP contribution >= 0.6 is 0 Å². The molecule has 0 heterocycles. The summed E-state index contributed by atoms with van der Waals surface area (Å²) in [5, 5.41) is 0. The summed E-state index contributed by atoms with van der Waals surface area (Å²) < 4.78 is 0. The minimum absolute atomic E-state index is 0.733. The van der Waals surface area contributed by atoms with Crippen LogP contribution in [0.25, 0.3) is 0 Å². The zero-order valence-electron chi connectivity index (χ0n) is 7.14. The van der Waals surface area contributed by atoms with Crippen LogP contribution in [0.5, 0.6) is 0 Å². The summed E-state index contributed by atoms with van der Waals surface area (Å²) in [6, 6.07) is 0.831. The highest BCUT2D eigenvalue weighted by molar-refractivity contribution is 4.77. The van der Waals surface area contributed by atoms with Crippen LogP contribution in [-0.4, -0.2) is 25.0 Å². The van der Waals surface area contributed by atoms with Gasteiger partial charge in [0, 0.05) is 6.04 Å². The molecule has 1 saturated carbocycles. The first kappa shape index (κ1) is 8.06. The first-order valence-corrected chi connectivity index (χ1v) is 4.19. The molecule has 0 spiro atoms. The maximum Gasteiger partial charge on any atom is 0.00893 e. The van der Waals surface area contributed by atoms with Crippen LogP contribution in [0.15, 0.2) is 0 Å². The summed E-state index contributed by atoms with van der Waals surface area (Å²) in [7, 11) is 4.35. The van der Waals surface area contributed by atoms with Gasteiger partial charge in [0.05, 0.1) is 0 Å². The van der Waals surface area contributed by atoms with Gasteiger partial charge in [0.2, 0.25) is 0 Å². The lowest BCUT2D eigenvalue weighted by atomic mass is 9.87. The Labute approximate surface area is 64.4 Å². The van der Waals surface area contributed by atoms with Crippen molar-refractivity contribution < 1.29 is 0 Å². The molecule has 1 aliphatic rings. The van der Waals surface area contributed by atoms with Crippen LogP contribution in [-0.2, 0) is 0 Å². The van der Waals surface area contributed by atoms with E-state index >= 15 is 0 Å². The Bertz CT molecular complexity index is 90.9. The Morgan fingerprint density at radius 1 is 1.10 bits per heavy atom. The third-order valence-corrected chi connectivity index (χ3v) is 2.55. The lowest BCUT2D eigenvalue weighted by Gasteiger charge is -2.30. The van der Waals surface area contributed by atoms with Gasteiger partial charge in [-0.2, -0.15) is 0 Å². The van der Waals surface area contributed by atoms with Crippen molar-refractivity contribution in [3.63, 3.8) is 0 Å². The first-order chi connectivity index (χ1) is 4.70. The van der Waals surface area contributed by atoms with Crippen LogP contribution in [0.4, 0.5) is 0 Å². The maximum absolute atomic E-state index is 4.07. The van der Waals surface area contributed by atoms with Gasteiger partial charge in [-0.25, -0.2) is 0 Å². The molecule has 0 saturated heterocycles. The van der Waals surface area contributed by atoms with E-state index in [1.807, 2.05) is 0 Å². The van der Waals surface area contributed by atoms with Crippen molar-refractivity contribution in [2.45, 2.75) is 31.7 Å². The highest BCUT2D eigenvalue weighted by Crippen LogP contribution is 2.25. The van der Waals surface area contributed by atoms with Crippen molar-refractivity contribution in [2.24, 2.45) is 5.92 Å². The molecule has 0 atom stereocenters. The van der Waals surface area contributed by atoms with Gasteiger partial charge in [-0.3, -0.25) is 0 Å². The molecule has 0 unspecified atom stereocenters. The Balaban J connectivity index is 2.26. The molecular formula is C9H18N. The molecule has 0 aromatic rings. The molecule has 59 valence electrons. The number of hydrogen-bond acceptors (Lipinski definition) is 1. The average molecular weight is 140 g/mol. The molecule has 10 heavy (non-hydrogen) atoms. The second-order valence-corrected chi connectivity index (χ2v) is 3.64. The molecule has 1 rings (SSSR count). The fraction of sp³-hybridized carbons (Fsp3) is 0.889. The Morgan fingerprint density at radius 3 is 2.00 bits per heavy atom. The zero-order chi connectivity index (χ0) is 7.56. The highest BCUT2D eigenvalue weighted by Gasteiger charge is 2.18. The van der Waals surface area contributed by atoms with Crippen molar-refractivity contribution in [1.29, 1.82) is 0 Å². The summed E-state index contributed by atoms with van der Waals surface area (Å²) in [6.45, 7) is 4.07. The minimum Gasteiger partial charge on any atom is -0.306 e. The molecule has 0 bridgehead atoms. The molecule has 1 heteroatoms. The predicted octanol–water partition coefficient (Wildman–Crippen LogP) is 1.94. The second-order valence-electron chi connectivity index (χ2n) is 3.64. The van der Waals surface area contributed by atoms with E-state index in [9.17, 15) is 0 Å². The maximum atomic E-state index is 4.07. The van der Waals surface area contributed by atoms with Crippen LogP contribution in [0.3, 0.4) is 0 Å². The Hall–Kier alpha value is -0.0400. The molecule has 0 aromatic heterocycles. The zero-order valence-corrected chi connectivity index (χ0v) is 7.14. The van der Waals surface area contributed by atoms with Gasteiger partial charge in [-0.15, -0.1) is 0 Å². The second kappa shape index (κ2) is 3.38. The summed E-state index contributed by atoms with van der Waals surface area (Å²) >= 11 is 0. The summed E-state index contributed by atoms with van der Waals surface area (Å²) in [5.74, 6) is 0.733. The van der Waals surface area contributed by atoms with E-state index in [1.54, 1.807) is 0 Å². The lowest BCUT2D eigenvalue weighted by molar-refractivity contribution is 0.208. The smallest absolute Gasteiger partial charge is 0.00893 e. The molecule has 0 N–H and O–H groups in total. The number of rotatable bonds is 1. The van der Waals surface area contributed by atoms with Gasteiger partial charge in [-0.1, -0.05) is 6.92 Å². The molecule has 1 aliphatic carbocycles. The normalized spacial score (nSPS) is 34.8. The van der Waals surface area contributed by atoms with Gasteiger partial charge < -0.3 is 4.90 Å². The van der Waals surface area contributed by atoms with E-state index in [-0.39, 0.29) is 0 Å². The molecule has 1 fully saturated rings. The van der Waals surface area contributed by atoms with Crippen molar-refractivity contribution >= 4 is 0 Å². The van der Waals surface area contributed by atoms with Gasteiger partial charge in [0.1, 0.15) is 0 Å². The monoisotopic (exact) mass is 140 g/mol. The van der Waals surface area contributed by atoms with E-state index in [2.05, 4.69) is 25.9 Å². The van der Waals surface area contributed by atoms with E-state index in [1.165, 1.54) is 25.7 Å². The SMILES string of the molecule is [CH2][C@H]1CC[C@H](N(C)C)CC1. The fourth-order valence-corrected chi connectivity index (χ4v) is 1.66.